The van der Waals surface area contributed by atoms with Gasteiger partial charge in [0, 0.05) is 23.6 Å². The van der Waals surface area contributed by atoms with Crippen LogP contribution in [0.15, 0.2) is 25.3 Å². The van der Waals surface area contributed by atoms with E-state index in [4.69, 9.17) is 0 Å². The first-order valence-corrected chi connectivity index (χ1v) is 8.55. The van der Waals surface area contributed by atoms with Crippen molar-refractivity contribution < 1.29 is 0 Å². The fourth-order valence-electron chi connectivity index (χ4n) is 1.63. The molecule has 0 spiro atoms. The summed E-state index contributed by atoms with van der Waals surface area (Å²) in [6.45, 7) is 16.7. The Bertz CT molecular complexity index is 204. The third kappa shape index (κ3) is 6.29. The number of nitrogens with one attached hydrogen (secondary N) is 2. The SMILES string of the molecule is C=CCS(CC=C)(NC(C)CC)NC(C)CC. The second-order valence-electron chi connectivity index (χ2n) is 4.65. The smallest absolute Gasteiger partial charge is 0.0194 e. The van der Waals surface area contributed by atoms with Crippen molar-refractivity contribution in [2.75, 3.05) is 11.5 Å². The van der Waals surface area contributed by atoms with Crippen molar-refractivity contribution in [3.63, 3.8) is 0 Å². The van der Waals surface area contributed by atoms with Crippen LogP contribution < -0.4 is 9.44 Å². The van der Waals surface area contributed by atoms with E-state index in [1.165, 1.54) is 0 Å². The first-order valence-electron chi connectivity index (χ1n) is 6.58. The maximum absolute atomic E-state index is 3.90. The van der Waals surface area contributed by atoms with Gasteiger partial charge in [-0.25, -0.2) is 0 Å². The fraction of sp³-hybridized carbons (Fsp3) is 0.714. The molecule has 17 heavy (non-hydrogen) atoms. The van der Waals surface area contributed by atoms with Crippen molar-refractivity contribution in [3.8, 4) is 0 Å². The van der Waals surface area contributed by atoms with Crippen LogP contribution >= 0.6 is 10.4 Å². The van der Waals surface area contributed by atoms with Crippen LogP contribution in [0.3, 0.4) is 0 Å². The molecule has 3 heteroatoms. The third-order valence-corrected chi connectivity index (χ3v) is 6.20. The lowest BCUT2D eigenvalue weighted by molar-refractivity contribution is 0.626. The van der Waals surface area contributed by atoms with Crippen molar-refractivity contribution in [2.24, 2.45) is 0 Å². The molecule has 0 fully saturated rings. The van der Waals surface area contributed by atoms with Gasteiger partial charge in [0.1, 0.15) is 0 Å². The molecule has 0 aromatic heterocycles. The van der Waals surface area contributed by atoms with E-state index in [0.29, 0.717) is 12.1 Å². The fourth-order valence-corrected chi connectivity index (χ4v) is 4.90. The number of rotatable bonds is 10. The summed E-state index contributed by atoms with van der Waals surface area (Å²) >= 11 is 0. The lowest BCUT2D eigenvalue weighted by atomic mass is 10.3. The molecule has 0 saturated heterocycles. The summed E-state index contributed by atoms with van der Waals surface area (Å²) < 4.78 is 7.55. The molecule has 2 unspecified atom stereocenters. The summed E-state index contributed by atoms with van der Waals surface area (Å²) in [7, 11) is -1.06. The molecular weight excluding hydrogens is 228 g/mol. The minimum Gasteiger partial charge on any atom is -0.266 e. The van der Waals surface area contributed by atoms with Crippen molar-refractivity contribution >= 4 is 10.4 Å². The van der Waals surface area contributed by atoms with Gasteiger partial charge in [-0.15, -0.1) is 23.6 Å². The molecule has 0 aromatic rings. The second kappa shape index (κ2) is 8.78. The summed E-state index contributed by atoms with van der Waals surface area (Å²) in [5.41, 5.74) is 0. The molecule has 0 aromatic carbocycles. The molecular formula is C14H30N2S. The normalized spacial score (nSPS) is 16.2. The van der Waals surface area contributed by atoms with Crippen LogP contribution in [0.4, 0.5) is 0 Å². The highest BCUT2D eigenvalue weighted by atomic mass is 32.3. The predicted octanol–water partition coefficient (Wildman–Crippen LogP) is 3.77. The van der Waals surface area contributed by atoms with E-state index in [9.17, 15) is 0 Å². The molecule has 0 radical (unpaired) electrons. The van der Waals surface area contributed by atoms with Gasteiger partial charge >= 0.3 is 0 Å². The molecule has 0 bridgehead atoms. The van der Waals surface area contributed by atoms with Gasteiger partial charge in [-0.05, 0) is 26.7 Å². The number of hydrogen-bond donors (Lipinski definition) is 2. The van der Waals surface area contributed by atoms with E-state index < -0.39 is 10.4 Å². The maximum atomic E-state index is 3.90. The minimum absolute atomic E-state index is 0.529. The van der Waals surface area contributed by atoms with Gasteiger partial charge in [0.25, 0.3) is 0 Å². The van der Waals surface area contributed by atoms with E-state index >= 15 is 0 Å². The Labute approximate surface area is 110 Å². The molecule has 0 aliphatic carbocycles. The summed E-state index contributed by atoms with van der Waals surface area (Å²) in [4.78, 5) is 0. The molecule has 2 atom stereocenters. The first-order chi connectivity index (χ1) is 8.03. The monoisotopic (exact) mass is 258 g/mol. The van der Waals surface area contributed by atoms with E-state index in [0.717, 1.165) is 24.3 Å². The highest BCUT2D eigenvalue weighted by molar-refractivity contribution is 8.30. The van der Waals surface area contributed by atoms with Gasteiger partial charge in [-0.1, -0.05) is 26.0 Å². The Morgan fingerprint density at radius 3 is 1.53 bits per heavy atom. The van der Waals surface area contributed by atoms with E-state index in [2.05, 4.69) is 50.3 Å². The van der Waals surface area contributed by atoms with E-state index in [-0.39, 0.29) is 0 Å². The highest BCUT2D eigenvalue weighted by Gasteiger charge is 2.23. The zero-order valence-electron chi connectivity index (χ0n) is 12.0. The topological polar surface area (TPSA) is 24.1 Å². The lowest BCUT2D eigenvalue weighted by Crippen LogP contribution is -2.44. The van der Waals surface area contributed by atoms with Crippen molar-refractivity contribution in [1.82, 2.24) is 9.44 Å². The van der Waals surface area contributed by atoms with Crippen molar-refractivity contribution in [1.29, 1.82) is 0 Å². The van der Waals surface area contributed by atoms with Crippen LogP contribution in [0.5, 0.6) is 0 Å². The Kier molecular flexibility index (Phi) is 8.66. The van der Waals surface area contributed by atoms with Crippen LogP contribution in [0.1, 0.15) is 40.5 Å². The first kappa shape index (κ1) is 16.8. The van der Waals surface area contributed by atoms with Gasteiger partial charge in [0.2, 0.25) is 0 Å². The quantitative estimate of drug-likeness (QED) is 0.583. The van der Waals surface area contributed by atoms with Crippen molar-refractivity contribution in [2.45, 2.75) is 52.6 Å². The van der Waals surface area contributed by atoms with E-state index in [1.54, 1.807) is 0 Å². The highest BCUT2D eigenvalue weighted by Crippen LogP contribution is 2.41. The van der Waals surface area contributed by atoms with Gasteiger partial charge in [-0.3, -0.25) is 9.44 Å². The average molecular weight is 258 g/mol. The molecule has 0 aliphatic heterocycles. The van der Waals surface area contributed by atoms with E-state index in [1.807, 2.05) is 12.2 Å². The summed E-state index contributed by atoms with van der Waals surface area (Å²) in [6, 6.07) is 1.06. The number of hydrogen-bond acceptors (Lipinski definition) is 2. The molecule has 0 heterocycles. The largest absolute Gasteiger partial charge is 0.266 e. The Morgan fingerprint density at radius 2 is 1.29 bits per heavy atom. The van der Waals surface area contributed by atoms with Crippen LogP contribution in [0, 0.1) is 0 Å². The third-order valence-electron chi connectivity index (χ3n) is 2.88. The average Bonchev–Trinajstić information content (AvgIpc) is 2.29. The van der Waals surface area contributed by atoms with Crippen LogP contribution in [0.25, 0.3) is 0 Å². The summed E-state index contributed by atoms with van der Waals surface area (Å²) in [6.07, 6.45) is 6.32. The molecule has 2 nitrogen and oxygen atoms in total. The van der Waals surface area contributed by atoms with Crippen LogP contribution in [-0.4, -0.2) is 23.6 Å². The molecule has 102 valence electrons. The minimum atomic E-state index is -1.06. The molecule has 0 saturated carbocycles. The lowest BCUT2D eigenvalue weighted by Gasteiger charge is -2.44. The van der Waals surface area contributed by atoms with Crippen LogP contribution in [-0.2, 0) is 0 Å². The Hall–Kier alpha value is -0.250. The van der Waals surface area contributed by atoms with Gasteiger partial charge < -0.3 is 0 Å². The van der Waals surface area contributed by atoms with Crippen LogP contribution in [0.2, 0.25) is 0 Å². The Morgan fingerprint density at radius 1 is 0.941 bits per heavy atom. The van der Waals surface area contributed by atoms with Gasteiger partial charge in [-0.2, -0.15) is 0 Å². The summed E-state index contributed by atoms with van der Waals surface area (Å²) in [5, 5.41) is 0. The van der Waals surface area contributed by atoms with Gasteiger partial charge in [0.15, 0.2) is 0 Å². The molecule has 0 aliphatic rings. The molecule has 0 rings (SSSR count). The Balaban J connectivity index is 4.81. The summed E-state index contributed by atoms with van der Waals surface area (Å²) in [5.74, 6) is 1.99. The predicted molar refractivity (Wildman–Crippen MR) is 83.5 cm³/mol. The van der Waals surface area contributed by atoms with Crippen molar-refractivity contribution in [3.05, 3.63) is 25.3 Å². The van der Waals surface area contributed by atoms with Gasteiger partial charge in [0.05, 0.1) is 0 Å². The second-order valence-corrected chi connectivity index (χ2v) is 7.55. The zero-order chi connectivity index (χ0) is 13.3. The standard InChI is InChI=1S/C14H30N2S/c1-7-11-17(12-8-2,15-13(5)9-3)16-14(6)10-4/h7-8,13-16H,1-2,9-12H2,3-6H3. The zero-order valence-corrected chi connectivity index (χ0v) is 12.8. The maximum Gasteiger partial charge on any atom is 0.0194 e. The molecule has 2 N–H and O–H groups in total. The molecule has 0 amide bonds.